The van der Waals surface area contributed by atoms with Gasteiger partial charge in [0.2, 0.25) is 0 Å². The fourth-order valence-corrected chi connectivity index (χ4v) is 7.53. The number of carbonyl (C=O) groups excluding carboxylic acids is 2. The molecular weight excluding hydrogens is 723 g/mol. The Labute approximate surface area is 346 Å². The fraction of sp³-hybridized carbons (Fsp3) is 0.915. The lowest BCUT2D eigenvalue weighted by molar-refractivity contribution is -0.161. The number of phosphoric ester groups is 1. The minimum Gasteiger partial charge on any atom is -0.462 e. The van der Waals surface area contributed by atoms with Crippen LogP contribution in [0.15, 0.2) is 12.2 Å². The van der Waals surface area contributed by atoms with Crippen molar-refractivity contribution in [3.63, 3.8) is 0 Å². The first kappa shape index (κ1) is 54.8. The van der Waals surface area contributed by atoms with Crippen LogP contribution in [0, 0.1) is 0 Å². The molecule has 1 N–H and O–H groups in total. The van der Waals surface area contributed by atoms with E-state index in [-0.39, 0.29) is 19.0 Å². The molecule has 0 aromatic carbocycles. The van der Waals surface area contributed by atoms with Crippen LogP contribution in [0.5, 0.6) is 0 Å². The Morgan fingerprint density at radius 3 is 1.18 bits per heavy atom. The molecule has 0 aromatic heterocycles. The zero-order valence-electron chi connectivity index (χ0n) is 37.1. The van der Waals surface area contributed by atoms with Crippen molar-refractivity contribution in [1.82, 2.24) is 0 Å². The molecule has 332 valence electrons. The van der Waals surface area contributed by atoms with E-state index in [0.717, 1.165) is 58.5 Å². The molecule has 0 radical (unpaired) electrons. The third-order valence-corrected chi connectivity index (χ3v) is 11.7. The van der Waals surface area contributed by atoms with Crippen LogP contribution in [0.25, 0.3) is 0 Å². The summed E-state index contributed by atoms with van der Waals surface area (Å²) in [6.07, 6.45) is 48.5. The second-order valence-corrected chi connectivity index (χ2v) is 17.8. The van der Waals surface area contributed by atoms with Crippen molar-refractivity contribution in [3.8, 4) is 0 Å². The molecule has 0 heterocycles. The molecule has 56 heavy (non-hydrogen) atoms. The summed E-state index contributed by atoms with van der Waals surface area (Å²) in [7, 11) is -3.19. The van der Waals surface area contributed by atoms with Gasteiger partial charge in [0.25, 0.3) is 0 Å². The Balaban J connectivity index is 3.83. The molecule has 0 fully saturated rings. The maximum atomic E-state index is 12.5. The van der Waals surface area contributed by atoms with Gasteiger partial charge in [0.05, 0.1) is 6.61 Å². The quantitative estimate of drug-likeness (QED) is 0.0280. The summed E-state index contributed by atoms with van der Waals surface area (Å²) in [5, 5.41) is 0. The molecule has 0 aliphatic heterocycles. The lowest BCUT2D eigenvalue weighted by Gasteiger charge is -2.19. The van der Waals surface area contributed by atoms with Crippen molar-refractivity contribution >= 4 is 19.8 Å². The molecule has 0 aromatic rings. The number of unbranched alkanes of at least 4 members (excludes halogenated alkanes) is 32. The highest BCUT2D eigenvalue weighted by atomic mass is 31.2. The number of carbonyl (C=O) groups is 2. The standard InChI is InChI=1S/C47H91O8P/c1-4-6-8-10-12-14-16-18-19-20-21-22-23-24-25-26-27-28-30-31-33-35-37-39-41-46(48)53-43-45(44-54-56(50,51)52-3)55-47(49)42-40-38-36-34-32-29-17-15-13-11-9-7-5-2/h15,17,45H,4-14,16,18-44H2,1-3H3,(H,50,51)/b17-15-. The van der Waals surface area contributed by atoms with Gasteiger partial charge in [-0.15, -0.1) is 0 Å². The van der Waals surface area contributed by atoms with E-state index >= 15 is 0 Å². The van der Waals surface area contributed by atoms with Crippen molar-refractivity contribution in [3.05, 3.63) is 12.2 Å². The van der Waals surface area contributed by atoms with Gasteiger partial charge in [0.1, 0.15) is 6.61 Å². The first-order chi connectivity index (χ1) is 27.3. The molecule has 0 amide bonds. The van der Waals surface area contributed by atoms with E-state index in [1.54, 1.807) is 0 Å². The minimum absolute atomic E-state index is 0.222. The monoisotopic (exact) mass is 815 g/mol. The predicted octanol–water partition coefficient (Wildman–Crippen LogP) is 15.2. The van der Waals surface area contributed by atoms with Crippen LogP contribution in [0.1, 0.15) is 251 Å². The van der Waals surface area contributed by atoms with Crippen molar-refractivity contribution in [1.29, 1.82) is 0 Å². The lowest BCUT2D eigenvalue weighted by Crippen LogP contribution is -2.29. The molecule has 0 saturated carbocycles. The van der Waals surface area contributed by atoms with Gasteiger partial charge in [0, 0.05) is 20.0 Å². The first-order valence-corrected chi connectivity index (χ1v) is 25.4. The Hall–Kier alpha value is -1.21. The average molecular weight is 815 g/mol. The molecule has 0 rings (SSSR count). The molecular formula is C47H91O8P. The third kappa shape index (κ3) is 42.4. The molecule has 0 saturated heterocycles. The Bertz CT molecular complexity index is 926. The van der Waals surface area contributed by atoms with Crippen LogP contribution in [-0.4, -0.2) is 43.3 Å². The van der Waals surface area contributed by atoms with Crippen LogP contribution in [0.2, 0.25) is 0 Å². The van der Waals surface area contributed by atoms with Crippen LogP contribution in [0.4, 0.5) is 0 Å². The highest BCUT2D eigenvalue weighted by Gasteiger charge is 2.24. The molecule has 0 bridgehead atoms. The van der Waals surface area contributed by atoms with Crippen LogP contribution in [-0.2, 0) is 32.7 Å². The van der Waals surface area contributed by atoms with Gasteiger partial charge >= 0.3 is 19.8 Å². The highest BCUT2D eigenvalue weighted by molar-refractivity contribution is 7.47. The first-order valence-electron chi connectivity index (χ1n) is 23.9. The highest BCUT2D eigenvalue weighted by Crippen LogP contribution is 2.42. The van der Waals surface area contributed by atoms with Crippen LogP contribution >= 0.6 is 7.82 Å². The lowest BCUT2D eigenvalue weighted by atomic mass is 10.0. The van der Waals surface area contributed by atoms with E-state index in [0.29, 0.717) is 12.8 Å². The number of esters is 2. The van der Waals surface area contributed by atoms with Crippen molar-refractivity contribution < 1.29 is 37.6 Å². The summed E-state index contributed by atoms with van der Waals surface area (Å²) in [6.45, 7) is 3.90. The van der Waals surface area contributed by atoms with Gasteiger partial charge in [-0.1, -0.05) is 212 Å². The molecule has 8 nitrogen and oxygen atoms in total. The summed E-state index contributed by atoms with van der Waals surface area (Å²) in [4.78, 5) is 34.5. The summed E-state index contributed by atoms with van der Waals surface area (Å²) >= 11 is 0. The Kier molecular flexibility index (Phi) is 42.4. The molecule has 2 atom stereocenters. The van der Waals surface area contributed by atoms with Gasteiger partial charge in [-0.2, -0.15) is 0 Å². The van der Waals surface area contributed by atoms with Crippen molar-refractivity contribution in [2.24, 2.45) is 0 Å². The Morgan fingerprint density at radius 2 is 0.804 bits per heavy atom. The number of allylic oxidation sites excluding steroid dienone is 2. The van der Waals surface area contributed by atoms with E-state index in [2.05, 4.69) is 30.5 Å². The zero-order valence-corrected chi connectivity index (χ0v) is 38.0. The maximum absolute atomic E-state index is 12.5. The van der Waals surface area contributed by atoms with E-state index in [4.69, 9.17) is 14.0 Å². The van der Waals surface area contributed by atoms with Gasteiger partial charge in [0.15, 0.2) is 6.10 Å². The van der Waals surface area contributed by atoms with E-state index < -0.39 is 26.5 Å². The van der Waals surface area contributed by atoms with Gasteiger partial charge in [-0.25, -0.2) is 4.57 Å². The summed E-state index contributed by atoms with van der Waals surface area (Å²) in [5.41, 5.74) is 0. The number of phosphoric acid groups is 1. The van der Waals surface area contributed by atoms with Crippen molar-refractivity contribution in [2.75, 3.05) is 20.3 Å². The summed E-state index contributed by atoms with van der Waals surface area (Å²) in [6, 6.07) is 0. The van der Waals surface area contributed by atoms with Crippen molar-refractivity contribution in [2.45, 2.75) is 258 Å². The number of hydrogen-bond acceptors (Lipinski definition) is 7. The maximum Gasteiger partial charge on any atom is 0.472 e. The molecule has 0 spiro atoms. The Morgan fingerprint density at radius 1 is 0.482 bits per heavy atom. The van der Waals surface area contributed by atoms with Gasteiger partial charge in [-0.05, 0) is 38.5 Å². The normalized spacial score (nSPS) is 13.3. The molecule has 9 heteroatoms. The smallest absolute Gasteiger partial charge is 0.462 e. The zero-order chi connectivity index (χ0) is 41.1. The summed E-state index contributed by atoms with van der Waals surface area (Å²) in [5.74, 6) is -0.800. The molecule has 0 aliphatic carbocycles. The fourth-order valence-electron chi connectivity index (χ4n) is 7.07. The average Bonchev–Trinajstić information content (AvgIpc) is 3.19. The predicted molar refractivity (Wildman–Crippen MR) is 235 cm³/mol. The second-order valence-electron chi connectivity index (χ2n) is 16.3. The second kappa shape index (κ2) is 43.4. The molecule has 2 unspecified atom stereocenters. The number of hydrogen-bond donors (Lipinski definition) is 1. The SMILES string of the molecule is CCCCCC/C=C\CCCCCCCC(=O)OC(COC(=O)CCCCCCCCCCCCCCCCCCCCCCCCCC)COP(=O)(O)OC. The third-order valence-electron chi connectivity index (χ3n) is 10.8. The number of ether oxygens (including phenoxy) is 2. The van der Waals surface area contributed by atoms with Gasteiger partial charge in [-0.3, -0.25) is 18.6 Å². The molecule has 0 aliphatic rings. The number of rotatable bonds is 45. The summed E-state index contributed by atoms with van der Waals surface area (Å²) < 4.78 is 32.0. The van der Waals surface area contributed by atoms with E-state index in [9.17, 15) is 19.0 Å². The minimum atomic E-state index is -4.26. The van der Waals surface area contributed by atoms with Crippen LogP contribution in [0.3, 0.4) is 0 Å². The van der Waals surface area contributed by atoms with E-state index in [1.165, 1.54) is 167 Å². The topological polar surface area (TPSA) is 108 Å². The largest absolute Gasteiger partial charge is 0.472 e. The van der Waals surface area contributed by atoms with E-state index in [1.807, 2.05) is 0 Å². The van der Waals surface area contributed by atoms with Gasteiger partial charge < -0.3 is 14.4 Å². The van der Waals surface area contributed by atoms with Crippen LogP contribution < -0.4 is 0 Å².